The zero-order valence-corrected chi connectivity index (χ0v) is 12.8. The van der Waals surface area contributed by atoms with E-state index in [0.29, 0.717) is 12.1 Å². The Bertz CT molecular complexity index is 355. The molecular formula is C16H28N2O3. The second-order valence-electron chi connectivity index (χ2n) is 6.95. The van der Waals surface area contributed by atoms with E-state index in [1.807, 2.05) is 0 Å². The summed E-state index contributed by atoms with van der Waals surface area (Å²) < 4.78 is 11.6. The van der Waals surface area contributed by atoms with Crippen LogP contribution in [0.5, 0.6) is 0 Å². The number of carbonyl (C=O) groups excluding carboxylic acids is 1. The molecule has 1 unspecified atom stereocenters. The highest BCUT2D eigenvalue weighted by Crippen LogP contribution is 2.35. The van der Waals surface area contributed by atoms with Crippen LogP contribution in [0, 0.1) is 5.92 Å². The number of amides is 1. The van der Waals surface area contributed by atoms with Crippen molar-refractivity contribution in [3.63, 3.8) is 0 Å². The predicted octanol–water partition coefficient (Wildman–Crippen LogP) is 1.35. The molecule has 3 aliphatic rings. The third-order valence-corrected chi connectivity index (χ3v) is 5.50. The minimum atomic E-state index is -0.124. The first-order chi connectivity index (χ1) is 10.2. The lowest BCUT2D eigenvalue weighted by molar-refractivity contribution is -0.141. The Morgan fingerprint density at radius 1 is 1.00 bits per heavy atom. The standard InChI is InChI=1S/C16H28N2O3/c17-15(19)12-1-3-13(4-2-12)18-14-5-8-21-16(11-14)6-9-20-10-7-16/h12-14,18H,1-11H2,(H2,17,19). The summed E-state index contributed by atoms with van der Waals surface area (Å²) >= 11 is 0. The molecule has 5 nitrogen and oxygen atoms in total. The molecule has 21 heavy (non-hydrogen) atoms. The maximum absolute atomic E-state index is 11.2. The normalized spacial score (nSPS) is 36.5. The molecule has 5 heteroatoms. The molecule has 0 radical (unpaired) electrons. The molecule has 1 saturated carbocycles. The van der Waals surface area contributed by atoms with Gasteiger partial charge in [-0.1, -0.05) is 0 Å². The lowest BCUT2D eigenvalue weighted by Crippen LogP contribution is -2.52. The van der Waals surface area contributed by atoms with Crippen molar-refractivity contribution in [1.29, 1.82) is 0 Å². The number of nitrogens with one attached hydrogen (secondary N) is 1. The van der Waals surface area contributed by atoms with E-state index >= 15 is 0 Å². The highest BCUT2D eigenvalue weighted by molar-refractivity contribution is 5.76. The first kappa shape index (κ1) is 15.3. The monoisotopic (exact) mass is 296 g/mol. The summed E-state index contributed by atoms with van der Waals surface area (Å²) in [6.45, 7) is 2.52. The molecule has 120 valence electrons. The summed E-state index contributed by atoms with van der Waals surface area (Å²) in [5, 5.41) is 3.82. The lowest BCUT2D eigenvalue weighted by Gasteiger charge is -2.44. The fourth-order valence-electron chi connectivity index (χ4n) is 4.14. The minimum Gasteiger partial charge on any atom is -0.381 e. The smallest absolute Gasteiger partial charge is 0.220 e. The molecule has 3 fully saturated rings. The summed E-state index contributed by atoms with van der Waals surface area (Å²) in [5.74, 6) is -0.0275. The average molecular weight is 296 g/mol. The third kappa shape index (κ3) is 3.76. The van der Waals surface area contributed by atoms with Gasteiger partial charge in [0.2, 0.25) is 5.91 Å². The fraction of sp³-hybridized carbons (Fsp3) is 0.938. The zero-order chi connectivity index (χ0) is 14.7. The molecule has 0 aromatic carbocycles. The van der Waals surface area contributed by atoms with Crippen LogP contribution < -0.4 is 11.1 Å². The molecule has 2 saturated heterocycles. The maximum Gasteiger partial charge on any atom is 0.220 e. The molecular weight excluding hydrogens is 268 g/mol. The molecule has 1 atom stereocenters. The van der Waals surface area contributed by atoms with Crippen LogP contribution in [-0.2, 0) is 14.3 Å². The van der Waals surface area contributed by atoms with Gasteiger partial charge in [0.05, 0.1) is 5.60 Å². The van der Waals surface area contributed by atoms with Gasteiger partial charge in [-0.15, -0.1) is 0 Å². The van der Waals surface area contributed by atoms with Crippen LogP contribution in [0.15, 0.2) is 0 Å². The molecule has 0 aromatic heterocycles. The zero-order valence-electron chi connectivity index (χ0n) is 12.8. The highest BCUT2D eigenvalue weighted by Gasteiger charge is 2.39. The van der Waals surface area contributed by atoms with Gasteiger partial charge in [0, 0.05) is 37.8 Å². The van der Waals surface area contributed by atoms with E-state index in [1.54, 1.807) is 0 Å². The van der Waals surface area contributed by atoms with Crippen LogP contribution in [0.1, 0.15) is 51.4 Å². The van der Waals surface area contributed by atoms with E-state index in [2.05, 4.69) is 5.32 Å². The number of primary amides is 1. The minimum absolute atomic E-state index is 0.0542. The van der Waals surface area contributed by atoms with Crippen molar-refractivity contribution in [3.8, 4) is 0 Å². The van der Waals surface area contributed by atoms with Gasteiger partial charge in [0.15, 0.2) is 0 Å². The van der Waals surface area contributed by atoms with Crippen LogP contribution in [0.3, 0.4) is 0 Å². The maximum atomic E-state index is 11.2. The summed E-state index contributed by atoms with van der Waals surface area (Å²) in [5.41, 5.74) is 5.46. The van der Waals surface area contributed by atoms with E-state index in [4.69, 9.17) is 15.2 Å². The molecule has 3 N–H and O–H groups in total. The first-order valence-electron chi connectivity index (χ1n) is 8.44. The van der Waals surface area contributed by atoms with Crippen molar-refractivity contribution in [2.24, 2.45) is 11.7 Å². The molecule has 2 aliphatic heterocycles. The Hall–Kier alpha value is -0.650. The number of hydrogen-bond acceptors (Lipinski definition) is 4. The second kappa shape index (κ2) is 6.63. The third-order valence-electron chi connectivity index (χ3n) is 5.50. The Balaban J connectivity index is 1.48. The number of hydrogen-bond donors (Lipinski definition) is 2. The molecule has 1 aliphatic carbocycles. The van der Waals surface area contributed by atoms with Gasteiger partial charge in [0.1, 0.15) is 0 Å². The van der Waals surface area contributed by atoms with E-state index < -0.39 is 0 Å². The Kier molecular flexibility index (Phi) is 4.82. The Morgan fingerprint density at radius 2 is 1.71 bits per heavy atom. The highest BCUT2D eigenvalue weighted by atomic mass is 16.5. The van der Waals surface area contributed by atoms with Crippen LogP contribution >= 0.6 is 0 Å². The summed E-state index contributed by atoms with van der Waals surface area (Å²) in [6.07, 6.45) is 8.27. The number of ether oxygens (including phenoxy) is 2. The fourth-order valence-corrected chi connectivity index (χ4v) is 4.14. The summed E-state index contributed by atoms with van der Waals surface area (Å²) in [4.78, 5) is 11.2. The van der Waals surface area contributed by atoms with E-state index in [1.165, 1.54) is 0 Å². The quantitative estimate of drug-likeness (QED) is 0.824. The molecule has 1 amide bonds. The van der Waals surface area contributed by atoms with Crippen molar-refractivity contribution in [3.05, 3.63) is 0 Å². The van der Waals surface area contributed by atoms with Crippen molar-refractivity contribution in [1.82, 2.24) is 5.32 Å². The summed E-state index contributed by atoms with van der Waals surface area (Å²) in [7, 11) is 0. The van der Waals surface area contributed by atoms with Gasteiger partial charge >= 0.3 is 0 Å². The lowest BCUT2D eigenvalue weighted by atomic mass is 9.82. The van der Waals surface area contributed by atoms with Gasteiger partial charge in [-0.2, -0.15) is 0 Å². The predicted molar refractivity (Wildman–Crippen MR) is 79.8 cm³/mol. The van der Waals surface area contributed by atoms with Crippen molar-refractivity contribution in [2.45, 2.75) is 69.1 Å². The summed E-state index contributed by atoms with van der Waals surface area (Å²) in [6, 6.07) is 1.09. The van der Waals surface area contributed by atoms with Crippen LogP contribution in [0.2, 0.25) is 0 Å². The van der Waals surface area contributed by atoms with E-state index in [9.17, 15) is 4.79 Å². The van der Waals surface area contributed by atoms with E-state index in [-0.39, 0.29) is 17.4 Å². The molecule has 0 bridgehead atoms. The van der Waals surface area contributed by atoms with Crippen molar-refractivity contribution in [2.75, 3.05) is 19.8 Å². The van der Waals surface area contributed by atoms with Gasteiger partial charge < -0.3 is 20.5 Å². The van der Waals surface area contributed by atoms with Crippen molar-refractivity contribution >= 4 is 5.91 Å². The van der Waals surface area contributed by atoms with Gasteiger partial charge in [-0.05, 0) is 51.4 Å². The van der Waals surface area contributed by atoms with Gasteiger partial charge in [0.25, 0.3) is 0 Å². The van der Waals surface area contributed by atoms with E-state index in [0.717, 1.165) is 71.2 Å². The van der Waals surface area contributed by atoms with Crippen LogP contribution in [0.4, 0.5) is 0 Å². The molecule has 3 rings (SSSR count). The topological polar surface area (TPSA) is 73.6 Å². The largest absolute Gasteiger partial charge is 0.381 e. The first-order valence-corrected chi connectivity index (χ1v) is 8.44. The van der Waals surface area contributed by atoms with Crippen LogP contribution in [-0.4, -0.2) is 43.4 Å². The van der Waals surface area contributed by atoms with Gasteiger partial charge in [-0.3, -0.25) is 4.79 Å². The number of nitrogens with two attached hydrogens (primary N) is 1. The number of rotatable bonds is 3. The number of carbonyl (C=O) groups is 1. The second-order valence-corrected chi connectivity index (χ2v) is 6.95. The average Bonchev–Trinajstić information content (AvgIpc) is 2.49. The Morgan fingerprint density at radius 3 is 2.38 bits per heavy atom. The molecule has 2 heterocycles. The SMILES string of the molecule is NC(=O)C1CCC(NC2CCOC3(CCOCC3)C2)CC1. The van der Waals surface area contributed by atoms with Gasteiger partial charge in [-0.25, -0.2) is 0 Å². The van der Waals surface area contributed by atoms with Crippen molar-refractivity contribution < 1.29 is 14.3 Å². The van der Waals surface area contributed by atoms with Crippen LogP contribution in [0.25, 0.3) is 0 Å². The molecule has 0 aromatic rings. The molecule has 1 spiro atoms. The Labute approximate surface area is 126 Å².